The molecule has 1 heterocycles. The van der Waals surface area contributed by atoms with Crippen molar-refractivity contribution in [3.63, 3.8) is 0 Å². The Labute approximate surface area is 186 Å². The smallest absolute Gasteiger partial charge is 0.258 e. The van der Waals surface area contributed by atoms with Crippen LogP contribution < -0.4 is 10.6 Å². The van der Waals surface area contributed by atoms with Crippen LogP contribution in [0.5, 0.6) is 0 Å². The molecular formula is C24H27FN4O3. The second-order valence-corrected chi connectivity index (χ2v) is 7.62. The van der Waals surface area contributed by atoms with Gasteiger partial charge in [-0.25, -0.2) is 4.39 Å². The molecule has 2 aromatic carbocycles. The molecule has 0 spiro atoms. The van der Waals surface area contributed by atoms with Crippen molar-refractivity contribution in [1.82, 2.24) is 15.1 Å². The summed E-state index contributed by atoms with van der Waals surface area (Å²) in [6.45, 7) is 8.28. The molecule has 0 aliphatic carbocycles. The number of aryl methyl sites for hydroxylation is 1. The van der Waals surface area contributed by atoms with Crippen LogP contribution in [-0.2, 0) is 4.79 Å². The minimum Gasteiger partial charge on any atom is -0.352 e. The van der Waals surface area contributed by atoms with Gasteiger partial charge in [0.1, 0.15) is 5.82 Å². The highest BCUT2D eigenvalue weighted by Gasteiger charge is 2.24. The van der Waals surface area contributed by atoms with Crippen LogP contribution in [0.15, 0.2) is 55.1 Å². The van der Waals surface area contributed by atoms with E-state index >= 15 is 0 Å². The number of hydrogen-bond donors (Lipinski definition) is 2. The molecule has 1 aliphatic heterocycles. The van der Waals surface area contributed by atoms with E-state index in [4.69, 9.17) is 0 Å². The summed E-state index contributed by atoms with van der Waals surface area (Å²) in [6, 6.07) is 10.8. The number of amides is 3. The zero-order valence-corrected chi connectivity index (χ0v) is 18.1. The molecule has 2 aromatic rings. The van der Waals surface area contributed by atoms with Crippen LogP contribution in [0.4, 0.5) is 10.1 Å². The molecule has 3 rings (SSSR count). The summed E-state index contributed by atoms with van der Waals surface area (Å²) in [7, 11) is 0. The maximum Gasteiger partial charge on any atom is 0.258 e. The van der Waals surface area contributed by atoms with Gasteiger partial charge in [-0.2, -0.15) is 0 Å². The van der Waals surface area contributed by atoms with E-state index in [1.54, 1.807) is 42.2 Å². The maximum absolute atomic E-state index is 13.9. The molecule has 0 unspecified atom stereocenters. The van der Waals surface area contributed by atoms with Gasteiger partial charge in [0.15, 0.2) is 0 Å². The minimum atomic E-state index is -0.606. The summed E-state index contributed by atoms with van der Waals surface area (Å²) in [6.07, 6.45) is 1.63. The average Bonchev–Trinajstić information content (AvgIpc) is 2.79. The molecule has 3 amide bonds. The van der Waals surface area contributed by atoms with Crippen molar-refractivity contribution in [2.45, 2.75) is 6.92 Å². The van der Waals surface area contributed by atoms with Crippen molar-refractivity contribution < 1.29 is 18.8 Å². The molecule has 0 atom stereocenters. The van der Waals surface area contributed by atoms with E-state index in [1.165, 1.54) is 18.2 Å². The largest absolute Gasteiger partial charge is 0.352 e. The summed E-state index contributed by atoms with van der Waals surface area (Å²) in [4.78, 5) is 41.0. The van der Waals surface area contributed by atoms with Crippen LogP contribution in [0.25, 0.3) is 0 Å². The van der Waals surface area contributed by atoms with Crippen LogP contribution in [0.1, 0.15) is 26.3 Å². The third-order valence-corrected chi connectivity index (χ3v) is 5.32. The Morgan fingerprint density at radius 3 is 2.50 bits per heavy atom. The highest BCUT2D eigenvalue weighted by atomic mass is 19.1. The monoisotopic (exact) mass is 438 g/mol. The first-order chi connectivity index (χ1) is 15.4. The Bertz CT molecular complexity index is 1020. The van der Waals surface area contributed by atoms with Gasteiger partial charge in [-0.15, -0.1) is 6.58 Å². The molecule has 0 aromatic heterocycles. The first-order valence-corrected chi connectivity index (χ1v) is 10.4. The Morgan fingerprint density at radius 1 is 1.09 bits per heavy atom. The van der Waals surface area contributed by atoms with E-state index in [0.29, 0.717) is 44.0 Å². The zero-order valence-electron chi connectivity index (χ0n) is 18.1. The summed E-state index contributed by atoms with van der Waals surface area (Å²) < 4.78 is 13.9. The van der Waals surface area contributed by atoms with Gasteiger partial charge in [0.2, 0.25) is 5.91 Å². The highest BCUT2D eigenvalue weighted by molar-refractivity contribution is 6.05. The zero-order chi connectivity index (χ0) is 23.1. The Morgan fingerprint density at radius 2 is 1.81 bits per heavy atom. The normalized spacial score (nSPS) is 14.0. The summed E-state index contributed by atoms with van der Waals surface area (Å²) in [5.74, 6) is -1.40. The lowest BCUT2D eigenvalue weighted by Crippen LogP contribution is -2.51. The van der Waals surface area contributed by atoms with Gasteiger partial charge in [0, 0.05) is 44.0 Å². The number of hydrogen-bond acceptors (Lipinski definition) is 4. The van der Waals surface area contributed by atoms with Crippen molar-refractivity contribution in [2.24, 2.45) is 0 Å². The van der Waals surface area contributed by atoms with E-state index in [1.807, 2.05) is 4.90 Å². The van der Waals surface area contributed by atoms with Crippen LogP contribution in [0, 0.1) is 12.7 Å². The predicted molar refractivity (Wildman–Crippen MR) is 121 cm³/mol. The van der Waals surface area contributed by atoms with E-state index in [-0.39, 0.29) is 23.9 Å². The highest BCUT2D eigenvalue weighted by Crippen LogP contribution is 2.20. The summed E-state index contributed by atoms with van der Waals surface area (Å²) in [5.41, 5.74) is 1.61. The van der Waals surface area contributed by atoms with E-state index in [0.717, 1.165) is 5.56 Å². The molecular weight excluding hydrogens is 411 g/mol. The SMILES string of the molecule is C=CCNC(=O)CN1CCN(C(=O)c2ccc(C)c(NC(=O)c3ccccc3F)c2)CC1. The second kappa shape index (κ2) is 10.7. The molecule has 1 saturated heterocycles. The van der Waals surface area contributed by atoms with E-state index in [2.05, 4.69) is 17.2 Å². The number of carbonyl (C=O) groups is 3. The Kier molecular flexibility index (Phi) is 7.72. The Balaban J connectivity index is 1.62. The van der Waals surface area contributed by atoms with Gasteiger partial charge in [-0.1, -0.05) is 24.3 Å². The number of anilines is 1. The maximum atomic E-state index is 13.9. The topological polar surface area (TPSA) is 81.8 Å². The van der Waals surface area contributed by atoms with Gasteiger partial charge in [0.05, 0.1) is 12.1 Å². The summed E-state index contributed by atoms with van der Waals surface area (Å²) >= 11 is 0. The van der Waals surface area contributed by atoms with Crippen molar-refractivity contribution in [1.29, 1.82) is 0 Å². The van der Waals surface area contributed by atoms with Gasteiger partial charge in [-0.05, 0) is 36.8 Å². The van der Waals surface area contributed by atoms with Gasteiger partial charge < -0.3 is 15.5 Å². The second-order valence-electron chi connectivity index (χ2n) is 7.62. The van der Waals surface area contributed by atoms with Crippen molar-refractivity contribution >= 4 is 23.4 Å². The number of carbonyl (C=O) groups excluding carboxylic acids is 3. The number of halogens is 1. The number of nitrogens with one attached hydrogen (secondary N) is 2. The molecule has 0 bridgehead atoms. The molecule has 7 nitrogen and oxygen atoms in total. The van der Waals surface area contributed by atoms with E-state index in [9.17, 15) is 18.8 Å². The van der Waals surface area contributed by atoms with Gasteiger partial charge >= 0.3 is 0 Å². The number of benzene rings is 2. The lowest BCUT2D eigenvalue weighted by atomic mass is 10.1. The van der Waals surface area contributed by atoms with Gasteiger partial charge in [0.25, 0.3) is 11.8 Å². The first kappa shape index (κ1) is 23.1. The fraction of sp³-hybridized carbons (Fsp3) is 0.292. The van der Waals surface area contributed by atoms with Crippen molar-refractivity contribution in [3.8, 4) is 0 Å². The molecule has 0 saturated carbocycles. The number of nitrogens with zero attached hydrogens (tertiary/aromatic N) is 2. The van der Waals surface area contributed by atoms with Crippen LogP contribution >= 0.6 is 0 Å². The van der Waals surface area contributed by atoms with Crippen LogP contribution in [0.3, 0.4) is 0 Å². The number of rotatable bonds is 7. The predicted octanol–water partition coefficient (Wildman–Crippen LogP) is 2.45. The first-order valence-electron chi connectivity index (χ1n) is 10.4. The molecule has 168 valence electrons. The third kappa shape index (κ3) is 5.79. The molecule has 8 heteroatoms. The average molecular weight is 439 g/mol. The van der Waals surface area contributed by atoms with E-state index < -0.39 is 11.7 Å². The fourth-order valence-electron chi connectivity index (χ4n) is 3.46. The van der Waals surface area contributed by atoms with Gasteiger partial charge in [-0.3, -0.25) is 19.3 Å². The summed E-state index contributed by atoms with van der Waals surface area (Å²) in [5, 5.41) is 5.45. The number of piperazine rings is 1. The third-order valence-electron chi connectivity index (χ3n) is 5.32. The lowest BCUT2D eigenvalue weighted by molar-refractivity contribution is -0.122. The molecule has 0 radical (unpaired) electrons. The van der Waals surface area contributed by atoms with Crippen LogP contribution in [-0.4, -0.2) is 66.8 Å². The van der Waals surface area contributed by atoms with Crippen LogP contribution in [0.2, 0.25) is 0 Å². The lowest BCUT2D eigenvalue weighted by Gasteiger charge is -2.34. The standard InChI is InChI=1S/C24H27FN4O3/c1-3-10-26-22(30)16-28-11-13-29(14-12-28)24(32)18-9-8-17(2)21(15-18)27-23(31)19-6-4-5-7-20(19)25/h3-9,15H,1,10-14,16H2,2H3,(H,26,30)(H,27,31). The molecule has 32 heavy (non-hydrogen) atoms. The van der Waals surface area contributed by atoms with Crippen molar-refractivity contribution in [3.05, 3.63) is 77.6 Å². The minimum absolute atomic E-state index is 0.0584. The van der Waals surface area contributed by atoms with Crippen molar-refractivity contribution in [2.75, 3.05) is 44.6 Å². The molecule has 1 fully saturated rings. The molecule has 1 aliphatic rings. The fourth-order valence-corrected chi connectivity index (χ4v) is 3.46. The Hall–Kier alpha value is -3.52. The quantitative estimate of drug-likeness (QED) is 0.651. The molecule has 2 N–H and O–H groups in total.